The van der Waals surface area contributed by atoms with Crippen LogP contribution >= 0.6 is 11.3 Å². The average Bonchev–Trinajstić information content (AvgIpc) is 3.42. The summed E-state index contributed by atoms with van der Waals surface area (Å²) in [5.41, 5.74) is 2.32. The number of hydrogen-bond acceptors (Lipinski definition) is 6. The topological polar surface area (TPSA) is 55.1 Å². The maximum atomic E-state index is 6.05. The van der Waals surface area contributed by atoms with E-state index in [2.05, 4.69) is 57.3 Å². The quantitative estimate of drug-likeness (QED) is 0.502. The van der Waals surface area contributed by atoms with Gasteiger partial charge < -0.3 is 4.42 Å². The van der Waals surface area contributed by atoms with Crippen LogP contribution < -0.4 is 0 Å². The molecule has 0 amide bonds. The number of nitrogens with zero attached hydrogens (tertiary/aromatic N) is 4. The predicted molar refractivity (Wildman–Crippen MR) is 106 cm³/mol. The van der Waals surface area contributed by atoms with Gasteiger partial charge in [-0.05, 0) is 50.1 Å². The van der Waals surface area contributed by atoms with E-state index in [0.29, 0.717) is 5.89 Å². The molecule has 1 aliphatic heterocycles. The van der Waals surface area contributed by atoms with E-state index in [0.717, 1.165) is 42.2 Å². The van der Waals surface area contributed by atoms with E-state index in [1.807, 2.05) is 18.3 Å². The van der Waals surface area contributed by atoms with Crippen molar-refractivity contribution >= 4 is 22.2 Å². The zero-order valence-electron chi connectivity index (χ0n) is 15.1. The van der Waals surface area contributed by atoms with Crippen molar-refractivity contribution in [1.29, 1.82) is 0 Å². The first kappa shape index (κ1) is 16.6. The Bertz CT molecular complexity index is 1080. The Hall–Kier alpha value is -2.57. The molecule has 1 atom stereocenters. The molecular formula is C21H20N4OS. The lowest BCUT2D eigenvalue weighted by atomic mass is 10.1. The first-order chi connectivity index (χ1) is 13.3. The van der Waals surface area contributed by atoms with Gasteiger partial charge in [-0.1, -0.05) is 24.3 Å². The Kier molecular flexibility index (Phi) is 4.22. The Morgan fingerprint density at radius 1 is 1.15 bits per heavy atom. The fourth-order valence-corrected chi connectivity index (χ4v) is 4.62. The first-order valence-corrected chi connectivity index (χ1v) is 10.1. The Balaban J connectivity index is 1.41. The molecule has 0 N–H and O–H groups in total. The molecule has 0 spiro atoms. The van der Waals surface area contributed by atoms with Crippen molar-refractivity contribution in [2.75, 3.05) is 6.54 Å². The number of benzene rings is 1. The normalized spacial score (nSPS) is 17.7. The summed E-state index contributed by atoms with van der Waals surface area (Å²) in [6.45, 7) is 3.96. The minimum atomic E-state index is 0.172. The smallest absolute Gasteiger partial charge is 0.257 e. The van der Waals surface area contributed by atoms with Crippen molar-refractivity contribution in [3.63, 3.8) is 0 Å². The van der Waals surface area contributed by atoms with Crippen molar-refractivity contribution in [3.05, 3.63) is 65.0 Å². The highest BCUT2D eigenvalue weighted by Crippen LogP contribution is 2.35. The predicted octanol–water partition coefficient (Wildman–Crippen LogP) is 4.99. The van der Waals surface area contributed by atoms with Gasteiger partial charge >= 0.3 is 0 Å². The van der Waals surface area contributed by atoms with E-state index in [4.69, 9.17) is 4.42 Å². The van der Waals surface area contributed by atoms with Gasteiger partial charge in [0, 0.05) is 23.0 Å². The second kappa shape index (κ2) is 6.87. The van der Waals surface area contributed by atoms with Crippen LogP contribution in [0.5, 0.6) is 0 Å². The summed E-state index contributed by atoms with van der Waals surface area (Å²) in [6.07, 6.45) is 4.04. The molecule has 0 radical (unpaired) electrons. The number of hydrogen-bond donors (Lipinski definition) is 0. The summed E-state index contributed by atoms with van der Waals surface area (Å²) in [4.78, 5) is 9.30. The summed E-state index contributed by atoms with van der Waals surface area (Å²) >= 11 is 1.68. The molecule has 6 heteroatoms. The third-order valence-electron chi connectivity index (χ3n) is 5.13. The van der Waals surface area contributed by atoms with Crippen LogP contribution in [0.25, 0.3) is 21.7 Å². The number of fused-ring (bicyclic) bond motifs is 1. The minimum absolute atomic E-state index is 0.172. The van der Waals surface area contributed by atoms with Crippen LogP contribution in [-0.4, -0.2) is 26.6 Å². The second-order valence-electron chi connectivity index (χ2n) is 6.98. The van der Waals surface area contributed by atoms with Gasteiger partial charge in [-0.15, -0.1) is 21.5 Å². The number of rotatable bonds is 4. The zero-order chi connectivity index (χ0) is 18.2. The van der Waals surface area contributed by atoms with Gasteiger partial charge in [0.05, 0.1) is 16.4 Å². The van der Waals surface area contributed by atoms with Gasteiger partial charge in [0.25, 0.3) is 5.89 Å². The number of likely N-dealkylation sites (tertiary alicyclic amines) is 1. The molecule has 1 saturated heterocycles. The van der Waals surface area contributed by atoms with Crippen LogP contribution in [0.4, 0.5) is 0 Å². The Labute approximate surface area is 161 Å². The molecule has 5 rings (SSSR count). The SMILES string of the molecule is Cc1ccc(-c2nnc(C3CCCN3Cc3cccc4cccnc34)o2)s1. The third-order valence-corrected chi connectivity index (χ3v) is 6.12. The molecule has 27 heavy (non-hydrogen) atoms. The Morgan fingerprint density at radius 3 is 2.96 bits per heavy atom. The van der Waals surface area contributed by atoms with Gasteiger partial charge in [0.15, 0.2) is 0 Å². The third kappa shape index (κ3) is 3.15. The van der Waals surface area contributed by atoms with Crippen molar-refractivity contribution in [3.8, 4) is 10.8 Å². The number of thiophene rings is 1. The Morgan fingerprint density at radius 2 is 2.07 bits per heavy atom. The maximum Gasteiger partial charge on any atom is 0.257 e. The monoisotopic (exact) mass is 376 g/mol. The molecule has 0 aliphatic carbocycles. The standard InChI is InChI=1S/C21H20N4OS/c1-14-9-10-18(27-14)21-24-23-20(26-21)17-8-4-12-25(17)13-16-6-2-5-15-7-3-11-22-19(15)16/h2-3,5-7,9-11,17H,4,8,12-13H2,1H3. The molecule has 0 saturated carbocycles. The van der Waals surface area contributed by atoms with E-state index in [1.54, 1.807) is 11.3 Å². The number of pyridine rings is 1. The van der Waals surface area contributed by atoms with Crippen LogP contribution in [-0.2, 0) is 6.54 Å². The molecule has 5 nitrogen and oxygen atoms in total. The van der Waals surface area contributed by atoms with Gasteiger partial charge in [-0.25, -0.2) is 0 Å². The zero-order valence-corrected chi connectivity index (χ0v) is 15.9. The molecule has 136 valence electrons. The lowest BCUT2D eigenvalue weighted by molar-refractivity contribution is 0.216. The highest BCUT2D eigenvalue weighted by Gasteiger charge is 2.31. The number of aromatic nitrogens is 3. The summed E-state index contributed by atoms with van der Waals surface area (Å²) in [7, 11) is 0. The van der Waals surface area contributed by atoms with Crippen LogP contribution in [0.15, 0.2) is 53.1 Å². The molecule has 1 aliphatic rings. The van der Waals surface area contributed by atoms with Crippen LogP contribution in [0.1, 0.15) is 35.2 Å². The van der Waals surface area contributed by atoms with Gasteiger partial charge in [-0.2, -0.15) is 0 Å². The minimum Gasteiger partial charge on any atom is -0.418 e. The van der Waals surface area contributed by atoms with Crippen LogP contribution in [0.3, 0.4) is 0 Å². The summed E-state index contributed by atoms with van der Waals surface area (Å²) < 4.78 is 6.05. The van der Waals surface area contributed by atoms with Crippen molar-refractivity contribution in [1.82, 2.24) is 20.1 Å². The number of aryl methyl sites for hydroxylation is 1. The lowest BCUT2D eigenvalue weighted by Crippen LogP contribution is -2.23. The largest absolute Gasteiger partial charge is 0.418 e. The average molecular weight is 376 g/mol. The molecule has 1 aromatic carbocycles. The fourth-order valence-electron chi connectivity index (χ4n) is 3.83. The first-order valence-electron chi connectivity index (χ1n) is 9.25. The van der Waals surface area contributed by atoms with Crippen LogP contribution in [0.2, 0.25) is 0 Å². The van der Waals surface area contributed by atoms with Crippen LogP contribution in [0, 0.1) is 6.92 Å². The van der Waals surface area contributed by atoms with Gasteiger partial charge in [0.2, 0.25) is 5.89 Å². The van der Waals surface area contributed by atoms with E-state index in [9.17, 15) is 0 Å². The summed E-state index contributed by atoms with van der Waals surface area (Å²) in [6, 6.07) is 14.8. The van der Waals surface area contributed by atoms with E-state index < -0.39 is 0 Å². The van der Waals surface area contributed by atoms with Crippen molar-refractivity contribution in [2.24, 2.45) is 0 Å². The van der Waals surface area contributed by atoms with E-state index in [-0.39, 0.29) is 6.04 Å². The molecule has 4 aromatic rings. The fraction of sp³-hybridized carbons (Fsp3) is 0.286. The maximum absolute atomic E-state index is 6.05. The highest BCUT2D eigenvalue weighted by molar-refractivity contribution is 7.15. The van der Waals surface area contributed by atoms with Gasteiger partial charge in [-0.3, -0.25) is 9.88 Å². The molecule has 3 aromatic heterocycles. The molecule has 1 fully saturated rings. The number of para-hydroxylation sites is 1. The molecule has 1 unspecified atom stereocenters. The van der Waals surface area contributed by atoms with Crippen molar-refractivity contribution < 1.29 is 4.42 Å². The lowest BCUT2D eigenvalue weighted by Gasteiger charge is -2.22. The second-order valence-corrected chi connectivity index (χ2v) is 8.26. The summed E-state index contributed by atoms with van der Waals surface area (Å²) in [5.74, 6) is 1.35. The van der Waals surface area contributed by atoms with Crippen molar-refractivity contribution in [2.45, 2.75) is 32.4 Å². The molecular weight excluding hydrogens is 356 g/mol. The molecule has 0 bridgehead atoms. The highest BCUT2D eigenvalue weighted by atomic mass is 32.1. The molecule has 4 heterocycles. The van der Waals surface area contributed by atoms with Gasteiger partial charge in [0.1, 0.15) is 0 Å². The van der Waals surface area contributed by atoms with E-state index >= 15 is 0 Å². The summed E-state index contributed by atoms with van der Waals surface area (Å²) in [5, 5.41) is 9.84. The van der Waals surface area contributed by atoms with E-state index in [1.165, 1.54) is 15.8 Å².